The Hall–Kier alpha value is -0.860. The maximum Gasteiger partial charge on any atom is 0.263 e. The molecule has 0 N–H and O–H groups in total. The fourth-order valence-electron chi connectivity index (χ4n) is 1.66. The highest BCUT2D eigenvalue weighted by Gasteiger charge is 2.16. The Morgan fingerprint density at radius 3 is 2.87 bits per heavy atom. The number of benzene rings is 1. The van der Waals surface area contributed by atoms with E-state index in [-0.39, 0.29) is 0 Å². The van der Waals surface area contributed by atoms with Gasteiger partial charge in [-0.3, -0.25) is 0 Å². The van der Waals surface area contributed by atoms with Gasteiger partial charge >= 0.3 is 0 Å². The van der Waals surface area contributed by atoms with Crippen LogP contribution in [0.1, 0.15) is 18.9 Å². The van der Waals surface area contributed by atoms with E-state index in [1.807, 2.05) is 13.0 Å². The molecule has 1 aromatic carbocycles. The lowest BCUT2D eigenvalue weighted by molar-refractivity contribution is -0.665. The summed E-state index contributed by atoms with van der Waals surface area (Å²) in [5.74, 6) is 0. The second-order valence-electron chi connectivity index (χ2n) is 3.38. The molecule has 15 heavy (non-hydrogen) atoms. The zero-order valence-electron chi connectivity index (χ0n) is 8.83. The molecular weight excluding hydrogens is 226 g/mol. The number of allylic oxidation sites excluding steroid dienone is 1. The van der Waals surface area contributed by atoms with Gasteiger partial charge in [0.2, 0.25) is 5.52 Å². The number of para-hydroxylation sites is 1. The second kappa shape index (κ2) is 4.33. The fraction of sp³-hybridized carbons (Fsp3) is 0.250. The van der Waals surface area contributed by atoms with E-state index in [9.17, 15) is 0 Å². The molecule has 0 saturated heterocycles. The maximum atomic E-state index is 5.92. The number of aromatic nitrogens is 1. The summed E-state index contributed by atoms with van der Waals surface area (Å²) in [7, 11) is 0. The Kier molecular flexibility index (Phi) is 3.08. The van der Waals surface area contributed by atoms with Crippen LogP contribution in [0.3, 0.4) is 0 Å². The summed E-state index contributed by atoms with van der Waals surface area (Å²) < 4.78 is 3.59. The Balaban J connectivity index is 2.69. The van der Waals surface area contributed by atoms with Gasteiger partial charge < -0.3 is 0 Å². The lowest BCUT2D eigenvalue weighted by atomic mass is 10.3. The van der Waals surface area contributed by atoms with Crippen LogP contribution < -0.4 is 4.57 Å². The van der Waals surface area contributed by atoms with E-state index in [0.29, 0.717) is 0 Å². The van der Waals surface area contributed by atoms with Crippen molar-refractivity contribution in [1.82, 2.24) is 0 Å². The van der Waals surface area contributed by atoms with Crippen molar-refractivity contribution in [1.29, 1.82) is 0 Å². The predicted octanol–water partition coefficient (Wildman–Crippen LogP) is 3.81. The molecule has 0 saturated carbocycles. The van der Waals surface area contributed by atoms with Gasteiger partial charge in [0.1, 0.15) is 11.2 Å². The van der Waals surface area contributed by atoms with Gasteiger partial charge in [-0.1, -0.05) is 35.1 Å². The molecule has 1 nitrogen and oxygen atoms in total. The van der Waals surface area contributed by atoms with E-state index in [1.165, 1.54) is 15.2 Å². The van der Waals surface area contributed by atoms with Crippen LogP contribution >= 0.6 is 22.9 Å². The first-order chi connectivity index (χ1) is 7.22. The number of aryl methyl sites for hydroxylation is 1. The van der Waals surface area contributed by atoms with Crippen molar-refractivity contribution < 1.29 is 4.57 Å². The highest BCUT2D eigenvalue weighted by atomic mass is 35.5. The number of hydrogen-bond acceptors (Lipinski definition) is 1. The molecule has 2 rings (SSSR count). The average molecular weight is 239 g/mol. The fourth-order valence-corrected chi connectivity index (χ4v) is 3.05. The summed E-state index contributed by atoms with van der Waals surface area (Å²) >= 11 is 7.70. The molecule has 0 atom stereocenters. The minimum absolute atomic E-state index is 0.823. The number of hydrogen-bond donors (Lipinski definition) is 0. The van der Waals surface area contributed by atoms with Crippen LogP contribution in [0, 0.1) is 0 Å². The molecule has 0 spiro atoms. The largest absolute Gasteiger partial charge is 0.263 e. The Bertz CT molecular complexity index is 509. The third kappa shape index (κ3) is 2.06. The first-order valence-corrected chi connectivity index (χ1v) is 6.17. The van der Waals surface area contributed by atoms with Gasteiger partial charge in [0, 0.05) is 17.2 Å². The van der Waals surface area contributed by atoms with Gasteiger partial charge in [-0.25, -0.2) is 0 Å². The summed E-state index contributed by atoms with van der Waals surface area (Å²) in [6, 6.07) is 8.44. The van der Waals surface area contributed by atoms with E-state index < -0.39 is 0 Å². The van der Waals surface area contributed by atoms with Gasteiger partial charge in [0.25, 0.3) is 5.01 Å². The van der Waals surface area contributed by atoms with Crippen molar-refractivity contribution in [2.24, 2.45) is 0 Å². The van der Waals surface area contributed by atoms with Crippen LogP contribution in [-0.4, -0.2) is 0 Å². The van der Waals surface area contributed by atoms with Crippen LogP contribution in [0.4, 0.5) is 0 Å². The monoisotopic (exact) mass is 238 g/mol. The topological polar surface area (TPSA) is 3.88 Å². The quantitative estimate of drug-likeness (QED) is 0.701. The normalized spacial score (nSPS) is 12.3. The van der Waals surface area contributed by atoms with Crippen molar-refractivity contribution in [3.63, 3.8) is 0 Å². The highest BCUT2D eigenvalue weighted by molar-refractivity contribution is 7.18. The van der Waals surface area contributed by atoms with E-state index in [1.54, 1.807) is 11.3 Å². The molecule has 1 aromatic heterocycles. The average Bonchev–Trinajstić information content (AvgIpc) is 2.53. The van der Waals surface area contributed by atoms with Crippen molar-refractivity contribution in [2.45, 2.75) is 20.4 Å². The summed E-state index contributed by atoms with van der Waals surface area (Å²) in [6.07, 6.45) is 2.02. The standard InChI is InChI=1S/C12H13ClNS/c1-3-14-10-6-4-5-7-11(10)15-12(14)8-9(2)13/h4-8H,3H2,1-2H3/q+1/b9-8-. The van der Waals surface area contributed by atoms with Crippen LogP contribution in [-0.2, 0) is 6.54 Å². The van der Waals surface area contributed by atoms with Crippen LogP contribution in [0.5, 0.6) is 0 Å². The van der Waals surface area contributed by atoms with Crippen LogP contribution in [0.15, 0.2) is 29.3 Å². The van der Waals surface area contributed by atoms with Crippen molar-refractivity contribution in [2.75, 3.05) is 0 Å². The minimum Gasteiger partial charge on any atom is -0.182 e. The van der Waals surface area contributed by atoms with Gasteiger partial charge in [-0.15, -0.1) is 0 Å². The molecule has 0 unspecified atom stereocenters. The maximum absolute atomic E-state index is 5.92. The summed E-state index contributed by atoms with van der Waals surface area (Å²) in [5.41, 5.74) is 1.29. The lowest BCUT2D eigenvalue weighted by Gasteiger charge is -1.90. The minimum atomic E-state index is 0.823. The Morgan fingerprint density at radius 1 is 1.47 bits per heavy atom. The molecule has 1 heterocycles. The number of halogens is 1. The predicted molar refractivity (Wildman–Crippen MR) is 67.2 cm³/mol. The molecule has 0 amide bonds. The van der Waals surface area contributed by atoms with Crippen molar-refractivity contribution in [3.05, 3.63) is 34.3 Å². The smallest absolute Gasteiger partial charge is 0.182 e. The number of rotatable bonds is 2. The first kappa shape index (κ1) is 10.7. The molecule has 0 radical (unpaired) electrons. The van der Waals surface area contributed by atoms with Crippen molar-refractivity contribution >= 4 is 39.2 Å². The first-order valence-electron chi connectivity index (χ1n) is 4.97. The molecule has 0 aliphatic heterocycles. The Morgan fingerprint density at radius 2 is 2.20 bits per heavy atom. The molecule has 0 fully saturated rings. The van der Waals surface area contributed by atoms with Crippen LogP contribution in [0.25, 0.3) is 16.3 Å². The second-order valence-corrected chi connectivity index (χ2v) is 5.04. The lowest BCUT2D eigenvalue weighted by Crippen LogP contribution is -2.33. The van der Waals surface area contributed by atoms with Crippen LogP contribution in [0.2, 0.25) is 0 Å². The summed E-state index contributed by atoms with van der Waals surface area (Å²) in [4.78, 5) is 0. The SMILES string of the molecule is CC[n+]1c(/C=C(/C)Cl)sc2ccccc21. The summed E-state index contributed by atoms with van der Waals surface area (Å²) in [6.45, 7) is 5.03. The molecule has 0 bridgehead atoms. The molecular formula is C12H13ClNS+. The summed E-state index contributed by atoms with van der Waals surface area (Å²) in [5, 5.41) is 2.04. The van der Waals surface area contributed by atoms with E-state index in [4.69, 9.17) is 11.6 Å². The molecule has 0 aliphatic carbocycles. The van der Waals surface area contributed by atoms with Gasteiger partial charge in [-0.05, 0) is 19.9 Å². The highest BCUT2D eigenvalue weighted by Crippen LogP contribution is 2.22. The van der Waals surface area contributed by atoms with E-state index in [2.05, 4.69) is 35.8 Å². The Labute approximate surface area is 98.6 Å². The third-order valence-corrected chi connectivity index (χ3v) is 3.50. The van der Waals surface area contributed by atoms with Crippen molar-refractivity contribution in [3.8, 4) is 0 Å². The van der Waals surface area contributed by atoms with Gasteiger partial charge in [0.15, 0.2) is 0 Å². The number of fused-ring (bicyclic) bond motifs is 1. The zero-order chi connectivity index (χ0) is 10.8. The number of thiazole rings is 1. The van der Waals surface area contributed by atoms with E-state index >= 15 is 0 Å². The molecule has 3 heteroatoms. The third-order valence-electron chi connectivity index (χ3n) is 2.28. The zero-order valence-corrected chi connectivity index (χ0v) is 10.4. The van der Waals surface area contributed by atoms with Gasteiger partial charge in [-0.2, -0.15) is 4.57 Å². The van der Waals surface area contributed by atoms with E-state index in [0.717, 1.165) is 11.6 Å². The van der Waals surface area contributed by atoms with Gasteiger partial charge in [0.05, 0.1) is 0 Å². The number of nitrogens with zero attached hydrogens (tertiary/aromatic N) is 1. The molecule has 0 aliphatic rings. The molecule has 2 aromatic rings. The molecule has 78 valence electrons.